The van der Waals surface area contributed by atoms with Crippen molar-refractivity contribution in [1.82, 2.24) is 21.3 Å². The predicted octanol–water partition coefficient (Wildman–Crippen LogP) is 3.37. The molecule has 0 heterocycles. The van der Waals surface area contributed by atoms with Crippen LogP contribution >= 0.6 is 11.8 Å². The Morgan fingerprint density at radius 1 is 0.767 bits per heavy atom. The summed E-state index contributed by atoms with van der Waals surface area (Å²) in [6.07, 6.45) is 1.70. The summed E-state index contributed by atoms with van der Waals surface area (Å²) in [4.78, 5) is 60.5. The number of carbonyl (C=O) groups is 5. The van der Waals surface area contributed by atoms with Crippen LogP contribution in [0.3, 0.4) is 0 Å². The van der Waals surface area contributed by atoms with E-state index in [9.17, 15) is 24.0 Å². The third-order valence-electron chi connectivity index (χ3n) is 7.10. The maximum absolute atomic E-state index is 12.6. The fraction of sp³-hybridized carbons (Fsp3) is 0.452. The maximum atomic E-state index is 12.6. The lowest BCUT2D eigenvalue weighted by atomic mass is 9.98. The molecule has 43 heavy (non-hydrogen) atoms. The van der Waals surface area contributed by atoms with Gasteiger partial charge < -0.3 is 31.1 Å². The normalized spacial score (nSPS) is 13.9. The van der Waals surface area contributed by atoms with Gasteiger partial charge in [-0.15, -0.1) is 11.8 Å². The summed E-state index contributed by atoms with van der Waals surface area (Å²) >= 11 is 1.51. The summed E-state index contributed by atoms with van der Waals surface area (Å²) in [5.41, 5.74) is 4.38. The molecular weight excluding hydrogens is 572 g/mol. The van der Waals surface area contributed by atoms with Gasteiger partial charge in [0.05, 0.1) is 5.88 Å². The van der Waals surface area contributed by atoms with Crippen LogP contribution in [0.4, 0.5) is 4.79 Å². The lowest BCUT2D eigenvalue weighted by Gasteiger charge is -2.21. The second-order valence-corrected chi connectivity index (χ2v) is 11.6. The van der Waals surface area contributed by atoms with Crippen molar-refractivity contribution in [3.8, 4) is 11.1 Å². The van der Waals surface area contributed by atoms with Crippen molar-refractivity contribution in [2.75, 3.05) is 18.2 Å². The molecule has 3 rings (SSSR count). The molecule has 2 aromatic rings. The first kappa shape index (κ1) is 33.4. The van der Waals surface area contributed by atoms with Crippen molar-refractivity contribution in [2.45, 2.75) is 70.5 Å². The summed E-state index contributed by atoms with van der Waals surface area (Å²) in [5, 5.41) is 19.0. The minimum atomic E-state index is -0.965. The fourth-order valence-electron chi connectivity index (χ4n) is 4.69. The standard InChI is InChI=1S/C31H40N4O7S/c1-19(28(38)32-18-43-16-10-4-5-15-27(36)37)33-29(39)20(2)34-30(40)21(3)35-31(41)42-17-26-24-13-8-6-11-22(24)23-12-7-9-14-25(23)26/h6-9,11-14,19-21,26H,4-5,10,15-18H2,1-3H3,(H,32,38)(H,33,39)(H,34,40)(H,35,41)(H,36,37)/t19-,20-,21-/m0/s1. The van der Waals surface area contributed by atoms with E-state index in [0.717, 1.165) is 40.8 Å². The van der Waals surface area contributed by atoms with Gasteiger partial charge in [0.15, 0.2) is 0 Å². The number of hydrogen-bond donors (Lipinski definition) is 5. The smallest absolute Gasteiger partial charge is 0.407 e. The third kappa shape index (κ3) is 10.0. The molecule has 232 valence electrons. The van der Waals surface area contributed by atoms with E-state index in [4.69, 9.17) is 9.84 Å². The van der Waals surface area contributed by atoms with Crippen LogP contribution in [0.25, 0.3) is 11.1 Å². The predicted molar refractivity (Wildman–Crippen MR) is 164 cm³/mol. The van der Waals surface area contributed by atoms with Gasteiger partial charge in [-0.25, -0.2) is 4.79 Å². The topological polar surface area (TPSA) is 163 Å². The molecule has 2 aromatic carbocycles. The molecule has 12 heteroatoms. The Morgan fingerprint density at radius 2 is 1.30 bits per heavy atom. The molecule has 1 aliphatic carbocycles. The van der Waals surface area contributed by atoms with Crippen LogP contribution in [0.15, 0.2) is 48.5 Å². The molecule has 1 aliphatic rings. The average molecular weight is 613 g/mol. The highest BCUT2D eigenvalue weighted by atomic mass is 32.2. The molecule has 0 aliphatic heterocycles. The van der Waals surface area contributed by atoms with E-state index in [1.54, 1.807) is 6.92 Å². The average Bonchev–Trinajstić information content (AvgIpc) is 3.30. The molecule has 0 saturated heterocycles. The van der Waals surface area contributed by atoms with Crippen LogP contribution in [0, 0.1) is 0 Å². The molecule has 0 saturated carbocycles. The lowest BCUT2D eigenvalue weighted by Crippen LogP contribution is -2.54. The van der Waals surface area contributed by atoms with Crippen molar-refractivity contribution in [2.24, 2.45) is 0 Å². The van der Waals surface area contributed by atoms with Gasteiger partial charge in [-0.1, -0.05) is 55.0 Å². The second kappa shape index (κ2) is 16.5. The molecule has 4 amide bonds. The number of carboxylic acid groups (broad SMARTS) is 1. The molecule has 0 radical (unpaired) electrons. The molecule has 3 atom stereocenters. The zero-order chi connectivity index (χ0) is 31.4. The number of benzene rings is 2. The largest absolute Gasteiger partial charge is 0.481 e. The number of hydrogen-bond acceptors (Lipinski definition) is 7. The van der Waals surface area contributed by atoms with Crippen LogP contribution in [0.5, 0.6) is 0 Å². The molecule has 0 unspecified atom stereocenters. The first-order valence-corrected chi connectivity index (χ1v) is 15.5. The minimum absolute atomic E-state index is 0.109. The van der Waals surface area contributed by atoms with Crippen LogP contribution < -0.4 is 21.3 Å². The zero-order valence-corrected chi connectivity index (χ0v) is 25.5. The Kier molecular flexibility index (Phi) is 12.9. The SMILES string of the molecule is C[C@H](NC(=O)OCC1c2ccccc2-c2ccccc21)C(=O)N[C@@H](C)C(=O)N[C@@H](C)C(=O)NCSCCCCCC(=O)O. The number of thioether (sulfide) groups is 1. The minimum Gasteiger partial charge on any atom is -0.481 e. The van der Waals surface area contributed by atoms with Gasteiger partial charge >= 0.3 is 12.1 Å². The summed E-state index contributed by atoms with van der Waals surface area (Å²) in [7, 11) is 0. The lowest BCUT2D eigenvalue weighted by molar-refractivity contribution is -0.137. The Balaban J connectivity index is 1.35. The van der Waals surface area contributed by atoms with Crippen molar-refractivity contribution in [3.05, 3.63) is 59.7 Å². The van der Waals surface area contributed by atoms with E-state index in [1.165, 1.54) is 25.6 Å². The van der Waals surface area contributed by atoms with Gasteiger partial charge in [-0.2, -0.15) is 0 Å². The molecule has 0 spiro atoms. The van der Waals surface area contributed by atoms with Crippen molar-refractivity contribution < 1.29 is 33.8 Å². The van der Waals surface area contributed by atoms with E-state index < -0.39 is 42.0 Å². The molecular formula is C31H40N4O7S. The number of rotatable bonds is 16. The van der Waals surface area contributed by atoms with Gasteiger partial charge in [0.2, 0.25) is 17.7 Å². The third-order valence-corrected chi connectivity index (χ3v) is 8.03. The number of aliphatic carboxylic acids is 1. The van der Waals surface area contributed by atoms with Crippen LogP contribution in [0.1, 0.15) is 63.5 Å². The molecule has 11 nitrogen and oxygen atoms in total. The van der Waals surface area contributed by atoms with Crippen LogP contribution in [-0.4, -0.2) is 71.3 Å². The first-order valence-electron chi connectivity index (χ1n) is 14.4. The van der Waals surface area contributed by atoms with E-state index in [-0.39, 0.29) is 24.9 Å². The Morgan fingerprint density at radius 3 is 1.88 bits per heavy atom. The van der Waals surface area contributed by atoms with Crippen LogP contribution in [0.2, 0.25) is 0 Å². The number of fused-ring (bicyclic) bond motifs is 3. The highest BCUT2D eigenvalue weighted by Gasteiger charge is 2.30. The van der Waals surface area contributed by atoms with Gasteiger partial charge in [0, 0.05) is 12.3 Å². The fourth-order valence-corrected chi connectivity index (χ4v) is 5.49. The van der Waals surface area contributed by atoms with Gasteiger partial charge in [0.1, 0.15) is 24.7 Å². The second-order valence-electron chi connectivity index (χ2n) is 10.5. The highest BCUT2D eigenvalue weighted by Crippen LogP contribution is 2.44. The van der Waals surface area contributed by atoms with E-state index in [2.05, 4.69) is 21.3 Å². The monoisotopic (exact) mass is 612 g/mol. The number of carbonyl (C=O) groups excluding carboxylic acids is 4. The summed E-state index contributed by atoms with van der Waals surface area (Å²) in [6.45, 7) is 4.62. The Hall–Kier alpha value is -4.06. The molecule has 5 N–H and O–H groups in total. The maximum Gasteiger partial charge on any atom is 0.407 e. The number of amides is 4. The van der Waals surface area contributed by atoms with E-state index >= 15 is 0 Å². The Labute approximate surface area is 255 Å². The van der Waals surface area contributed by atoms with Crippen molar-refractivity contribution in [3.63, 3.8) is 0 Å². The highest BCUT2D eigenvalue weighted by molar-refractivity contribution is 7.99. The first-order chi connectivity index (χ1) is 20.6. The zero-order valence-electron chi connectivity index (χ0n) is 24.7. The Bertz CT molecular complexity index is 1260. The van der Waals surface area contributed by atoms with Gasteiger partial charge in [-0.3, -0.25) is 19.2 Å². The number of carboxylic acids is 1. The van der Waals surface area contributed by atoms with E-state index in [0.29, 0.717) is 12.3 Å². The van der Waals surface area contributed by atoms with Crippen LogP contribution in [-0.2, 0) is 23.9 Å². The molecule has 0 bridgehead atoms. The van der Waals surface area contributed by atoms with Gasteiger partial charge in [0.25, 0.3) is 0 Å². The summed E-state index contributed by atoms with van der Waals surface area (Å²) < 4.78 is 5.49. The van der Waals surface area contributed by atoms with Crippen molar-refractivity contribution in [1.29, 1.82) is 0 Å². The number of alkyl carbamates (subject to hydrolysis) is 1. The summed E-state index contributed by atoms with van der Waals surface area (Å²) in [5.74, 6) is -1.25. The number of nitrogens with one attached hydrogen (secondary N) is 4. The quantitative estimate of drug-likeness (QED) is 0.142. The number of unbranched alkanes of at least 4 members (excludes halogenated alkanes) is 2. The molecule has 0 fully saturated rings. The number of ether oxygens (including phenoxy) is 1. The molecule has 0 aromatic heterocycles. The van der Waals surface area contributed by atoms with Gasteiger partial charge in [-0.05, 0) is 61.6 Å². The summed E-state index contributed by atoms with van der Waals surface area (Å²) in [6, 6.07) is 13.2. The van der Waals surface area contributed by atoms with E-state index in [1.807, 2.05) is 48.5 Å². The van der Waals surface area contributed by atoms with Crippen molar-refractivity contribution >= 4 is 41.5 Å².